The van der Waals surface area contributed by atoms with Crippen molar-refractivity contribution >= 4 is 17.4 Å². The molecule has 0 radical (unpaired) electrons. The highest BCUT2D eigenvalue weighted by Gasteiger charge is 2.41. The second-order valence-corrected chi connectivity index (χ2v) is 7.39. The van der Waals surface area contributed by atoms with Crippen LogP contribution in [0.15, 0.2) is 54.2 Å². The molecule has 0 fully saturated rings. The smallest absolute Gasteiger partial charge is 0.278 e. The van der Waals surface area contributed by atoms with Crippen molar-refractivity contribution in [1.29, 1.82) is 0 Å². The molecular formula is C24H27FN2O4. The molecule has 0 unspecified atom stereocenters. The van der Waals surface area contributed by atoms with Gasteiger partial charge >= 0.3 is 0 Å². The first-order chi connectivity index (χ1) is 15.0. The quantitative estimate of drug-likeness (QED) is 0.547. The number of hydrogen-bond donors (Lipinski definition) is 0. The van der Waals surface area contributed by atoms with Gasteiger partial charge in [-0.3, -0.25) is 14.5 Å². The monoisotopic (exact) mass is 426 g/mol. The van der Waals surface area contributed by atoms with E-state index in [2.05, 4.69) is 0 Å². The van der Waals surface area contributed by atoms with Gasteiger partial charge in [-0.1, -0.05) is 42.0 Å². The van der Waals surface area contributed by atoms with Crippen LogP contribution in [0, 0.1) is 12.7 Å². The molecule has 7 heteroatoms. The SMILES string of the molecule is COCCN(CCOC)C1=C(c2ccc(C)cc2)C(=O)N(Cc2ccc(F)cc2)C1=O. The predicted octanol–water partition coefficient (Wildman–Crippen LogP) is 3.01. The van der Waals surface area contributed by atoms with Crippen LogP contribution in [0.2, 0.25) is 0 Å². The number of rotatable bonds is 10. The number of imide groups is 1. The molecule has 0 saturated heterocycles. The van der Waals surface area contributed by atoms with Gasteiger partial charge in [-0.25, -0.2) is 4.39 Å². The normalized spacial score (nSPS) is 14.0. The Kier molecular flexibility index (Phi) is 7.55. The third-order valence-corrected chi connectivity index (χ3v) is 5.18. The zero-order valence-corrected chi connectivity index (χ0v) is 18.1. The van der Waals surface area contributed by atoms with Crippen LogP contribution in [0.3, 0.4) is 0 Å². The molecule has 0 bridgehead atoms. The van der Waals surface area contributed by atoms with Crippen molar-refractivity contribution in [2.24, 2.45) is 0 Å². The highest BCUT2D eigenvalue weighted by Crippen LogP contribution is 2.32. The van der Waals surface area contributed by atoms with Crippen molar-refractivity contribution in [3.8, 4) is 0 Å². The lowest BCUT2D eigenvalue weighted by Gasteiger charge is -2.25. The summed E-state index contributed by atoms with van der Waals surface area (Å²) in [5.74, 6) is -1.11. The third kappa shape index (κ3) is 5.18. The number of carbonyl (C=O) groups is 2. The Morgan fingerprint density at radius 1 is 0.871 bits per heavy atom. The lowest BCUT2D eigenvalue weighted by atomic mass is 10.0. The Bertz CT molecular complexity index is 947. The highest BCUT2D eigenvalue weighted by atomic mass is 19.1. The Morgan fingerprint density at radius 2 is 1.45 bits per heavy atom. The van der Waals surface area contributed by atoms with Gasteiger partial charge in [0.2, 0.25) is 0 Å². The van der Waals surface area contributed by atoms with Crippen molar-refractivity contribution in [2.75, 3.05) is 40.5 Å². The minimum absolute atomic E-state index is 0.0687. The largest absolute Gasteiger partial charge is 0.383 e. The molecule has 31 heavy (non-hydrogen) atoms. The Hall–Kier alpha value is -3.03. The topological polar surface area (TPSA) is 59.1 Å². The molecule has 2 amide bonds. The van der Waals surface area contributed by atoms with E-state index in [0.717, 1.165) is 5.56 Å². The number of ether oxygens (including phenoxy) is 2. The summed E-state index contributed by atoms with van der Waals surface area (Å²) in [4.78, 5) is 29.9. The molecule has 6 nitrogen and oxygen atoms in total. The van der Waals surface area contributed by atoms with E-state index in [9.17, 15) is 14.0 Å². The number of amides is 2. The Labute approximate surface area is 181 Å². The minimum atomic E-state index is -0.378. The first-order valence-corrected chi connectivity index (χ1v) is 10.1. The molecule has 164 valence electrons. The van der Waals surface area contributed by atoms with E-state index < -0.39 is 0 Å². The van der Waals surface area contributed by atoms with Gasteiger partial charge in [-0.15, -0.1) is 0 Å². The van der Waals surface area contributed by atoms with Crippen LogP contribution in [0.1, 0.15) is 16.7 Å². The maximum absolute atomic E-state index is 13.5. The molecule has 2 aromatic rings. The molecule has 0 aromatic heterocycles. The van der Waals surface area contributed by atoms with Gasteiger partial charge in [0.1, 0.15) is 11.5 Å². The zero-order valence-electron chi connectivity index (χ0n) is 18.1. The van der Waals surface area contributed by atoms with Gasteiger partial charge in [0, 0.05) is 27.3 Å². The maximum Gasteiger partial charge on any atom is 0.278 e. The predicted molar refractivity (Wildman–Crippen MR) is 115 cm³/mol. The van der Waals surface area contributed by atoms with E-state index in [1.807, 2.05) is 36.1 Å². The molecule has 3 rings (SSSR count). The van der Waals surface area contributed by atoms with E-state index in [1.54, 1.807) is 26.4 Å². The van der Waals surface area contributed by atoms with E-state index in [1.165, 1.54) is 17.0 Å². The van der Waals surface area contributed by atoms with E-state index in [4.69, 9.17) is 9.47 Å². The number of hydrogen-bond acceptors (Lipinski definition) is 5. The lowest BCUT2D eigenvalue weighted by molar-refractivity contribution is -0.138. The van der Waals surface area contributed by atoms with Gasteiger partial charge < -0.3 is 14.4 Å². The van der Waals surface area contributed by atoms with E-state index in [-0.39, 0.29) is 24.2 Å². The summed E-state index contributed by atoms with van der Waals surface area (Å²) in [5, 5.41) is 0. The average molecular weight is 426 g/mol. The van der Waals surface area contributed by atoms with Crippen LogP contribution in [0.5, 0.6) is 0 Å². The van der Waals surface area contributed by atoms with Crippen molar-refractivity contribution in [3.63, 3.8) is 0 Å². The fourth-order valence-electron chi connectivity index (χ4n) is 3.49. The molecule has 1 heterocycles. The first-order valence-electron chi connectivity index (χ1n) is 10.1. The fourth-order valence-corrected chi connectivity index (χ4v) is 3.49. The minimum Gasteiger partial charge on any atom is -0.383 e. The summed E-state index contributed by atoms with van der Waals surface area (Å²) >= 11 is 0. The second-order valence-electron chi connectivity index (χ2n) is 7.39. The average Bonchev–Trinajstić information content (AvgIpc) is 3.01. The molecule has 0 N–H and O–H groups in total. The Balaban J connectivity index is 2.02. The van der Waals surface area contributed by atoms with Crippen LogP contribution in [0.25, 0.3) is 5.57 Å². The molecule has 0 spiro atoms. The van der Waals surface area contributed by atoms with Crippen LogP contribution in [-0.2, 0) is 25.6 Å². The first kappa shape index (κ1) is 22.7. The number of methoxy groups -OCH3 is 2. The summed E-state index contributed by atoms with van der Waals surface area (Å²) in [6.45, 7) is 3.70. The molecule has 1 aliphatic heterocycles. The molecule has 1 aliphatic rings. The lowest BCUT2D eigenvalue weighted by Crippen LogP contribution is -2.37. The zero-order chi connectivity index (χ0) is 22.4. The van der Waals surface area contributed by atoms with Crippen LogP contribution >= 0.6 is 0 Å². The van der Waals surface area contributed by atoms with Gasteiger partial charge in [-0.05, 0) is 30.2 Å². The maximum atomic E-state index is 13.5. The summed E-state index contributed by atoms with van der Waals surface area (Å²) in [7, 11) is 3.18. The van der Waals surface area contributed by atoms with Gasteiger partial charge in [0.15, 0.2) is 0 Å². The molecule has 0 aliphatic carbocycles. The van der Waals surface area contributed by atoms with Crippen LogP contribution in [0.4, 0.5) is 4.39 Å². The van der Waals surface area contributed by atoms with Gasteiger partial charge in [-0.2, -0.15) is 0 Å². The van der Waals surface area contributed by atoms with Gasteiger partial charge in [0.25, 0.3) is 11.8 Å². The number of aryl methyl sites for hydroxylation is 1. The summed E-state index contributed by atoms with van der Waals surface area (Å²) in [6.07, 6.45) is 0. The summed E-state index contributed by atoms with van der Waals surface area (Å²) in [5.41, 5.74) is 3.11. The number of carbonyl (C=O) groups excluding carboxylic acids is 2. The molecular weight excluding hydrogens is 399 g/mol. The number of halogens is 1. The number of nitrogens with zero attached hydrogens (tertiary/aromatic N) is 2. The van der Waals surface area contributed by atoms with Crippen LogP contribution in [-0.4, -0.2) is 62.1 Å². The summed E-state index contributed by atoms with van der Waals surface area (Å²) in [6, 6.07) is 13.3. The van der Waals surface area contributed by atoms with E-state index in [0.29, 0.717) is 48.7 Å². The summed E-state index contributed by atoms with van der Waals surface area (Å²) < 4.78 is 23.7. The molecule has 0 saturated carbocycles. The van der Waals surface area contributed by atoms with Crippen molar-refractivity contribution < 1.29 is 23.5 Å². The second kappa shape index (κ2) is 10.3. The van der Waals surface area contributed by atoms with Crippen molar-refractivity contribution in [3.05, 3.63) is 76.7 Å². The molecule has 0 atom stereocenters. The highest BCUT2D eigenvalue weighted by molar-refractivity contribution is 6.35. The van der Waals surface area contributed by atoms with Crippen molar-refractivity contribution in [2.45, 2.75) is 13.5 Å². The fraction of sp³-hybridized carbons (Fsp3) is 0.333. The number of benzene rings is 2. The standard InChI is InChI=1S/C24H27FN2O4/c1-17-4-8-19(9-5-17)21-22(26(12-14-30-2)13-15-31-3)24(29)27(23(21)28)16-18-6-10-20(25)11-7-18/h4-11H,12-16H2,1-3H3. The van der Waals surface area contributed by atoms with Crippen LogP contribution < -0.4 is 0 Å². The molecule has 2 aromatic carbocycles. The Morgan fingerprint density at radius 3 is 2.00 bits per heavy atom. The van der Waals surface area contributed by atoms with E-state index >= 15 is 0 Å². The van der Waals surface area contributed by atoms with Gasteiger partial charge in [0.05, 0.1) is 25.3 Å². The third-order valence-electron chi connectivity index (χ3n) is 5.18. The van der Waals surface area contributed by atoms with Crippen molar-refractivity contribution in [1.82, 2.24) is 9.80 Å².